The number of nitrogens with two attached hydrogens (primary N) is 1. The fraction of sp³-hybridized carbons (Fsp3) is 0.217. The third-order valence-corrected chi connectivity index (χ3v) is 5.20. The largest absolute Gasteiger partial charge is 0.455 e. The van der Waals surface area contributed by atoms with Gasteiger partial charge in [-0.05, 0) is 48.5 Å². The Morgan fingerprint density at radius 1 is 1.15 bits per heavy atom. The van der Waals surface area contributed by atoms with E-state index < -0.39 is 30.4 Å². The number of carbonyl (C=O) groups excluding carboxylic acids is 1. The average Bonchev–Trinajstić information content (AvgIpc) is 2.93. The van der Waals surface area contributed by atoms with Crippen LogP contribution in [0.1, 0.15) is 22.9 Å². The van der Waals surface area contributed by atoms with Crippen LogP contribution in [0, 0.1) is 0 Å². The fourth-order valence-electron chi connectivity index (χ4n) is 3.62. The van der Waals surface area contributed by atoms with E-state index in [0.29, 0.717) is 28.3 Å². The van der Waals surface area contributed by atoms with Crippen LogP contribution in [-0.2, 0) is 17.5 Å². The lowest BCUT2D eigenvalue weighted by Crippen LogP contribution is -2.33. The van der Waals surface area contributed by atoms with Crippen molar-refractivity contribution in [1.82, 2.24) is 4.98 Å². The van der Waals surface area contributed by atoms with E-state index in [1.165, 1.54) is 11.0 Å². The van der Waals surface area contributed by atoms with Crippen molar-refractivity contribution in [3.8, 4) is 22.8 Å². The van der Waals surface area contributed by atoms with Crippen LogP contribution in [0.5, 0.6) is 11.5 Å². The second-order valence-corrected chi connectivity index (χ2v) is 7.57. The number of nitrogens with zero attached hydrogens (tertiary/aromatic N) is 2. The summed E-state index contributed by atoms with van der Waals surface area (Å²) in [6.45, 7) is -0.716. The Morgan fingerprint density at radius 3 is 2.61 bits per heavy atom. The first-order valence-corrected chi connectivity index (χ1v) is 9.97. The van der Waals surface area contributed by atoms with E-state index in [2.05, 4.69) is 4.98 Å². The lowest BCUT2D eigenvalue weighted by Gasteiger charge is -2.23. The molecule has 0 unspecified atom stereocenters. The maximum atomic E-state index is 13.3. The highest BCUT2D eigenvalue weighted by Gasteiger charge is 2.33. The zero-order valence-corrected chi connectivity index (χ0v) is 17.2. The van der Waals surface area contributed by atoms with Crippen LogP contribution < -0.4 is 15.4 Å². The van der Waals surface area contributed by atoms with Gasteiger partial charge in [-0.25, -0.2) is 4.98 Å². The van der Waals surface area contributed by atoms with Gasteiger partial charge in [0.15, 0.2) is 5.75 Å². The second-order valence-electron chi connectivity index (χ2n) is 7.57. The van der Waals surface area contributed by atoms with E-state index in [-0.39, 0.29) is 24.5 Å². The first kappa shape index (κ1) is 22.6. The molecule has 0 bridgehead atoms. The molecular formula is C23H20F3N3O4. The van der Waals surface area contributed by atoms with Crippen molar-refractivity contribution in [3.05, 3.63) is 71.4 Å². The maximum absolute atomic E-state index is 13.3. The van der Waals surface area contributed by atoms with Crippen LogP contribution in [0.15, 0.2) is 54.6 Å². The summed E-state index contributed by atoms with van der Waals surface area (Å²) in [6, 6.07) is 13.2. The van der Waals surface area contributed by atoms with Gasteiger partial charge in [0.05, 0.1) is 35.8 Å². The zero-order valence-electron chi connectivity index (χ0n) is 17.2. The van der Waals surface area contributed by atoms with Gasteiger partial charge in [0.1, 0.15) is 11.9 Å². The summed E-state index contributed by atoms with van der Waals surface area (Å²) >= 11 is 0. The Hall–Kier alpha value is -3.63. The maximum Gasteiger partial charge on any atom is 0.416 e. The molecule has 0 saturated heterocycles. The van der Waals surface area contributed by atoms with Crippen molar-refractivity contribution < 1.29 is 32.9 Å². The van der Waals surface area contributed by atoms with Gasteiger partial charge in [0.25, 0.3) is 0 Å². The number of benzene rings is 2. The normalized spacial score (nSPS) is 14.0. The quantitative estimate of drug-likeness (QED) is 0.540. The van der Waals surface area contributed by atoms with Crippen LogP contribution in [0.25, 0.3) is 11.3 Å². The number of hydrogen-bond acceptors (Lipinski definition) is 6. The molecule has 0 aliphatic carbocycles. The molecule has 1 aromatic heterocycles. The van der Waals surface area contributed by atoms with Crippen LogP contribution in [0.2, 0.25) is 0 Å². The van der Waals surface area contributed by atoms with Crippen LogP contribution in [0.4, 0.5) is 18.9 Å². The van der Waals surface area contributed by atoms with Gasteiger partial charge in [-0.3, -0.25) is 4.79 Å². The highest BCUT2D eigenvalue weighted by molar-refractivity contribution is 5.81. The number of halogens is 3. The van der Waals surface area contributed by atoms with Crippen molar-refractivity contribution in [1.29, 1.82) is 0 Å². The highest BCUT2D eigenvalue weighted by atomic mass is 19.4. The molecule has 0 saturated carbocycles. The molecule has 3 aromatic rings. The Kier molecular flexibility index (Phi) is 5.96. The third kappa shape index (κ3) is 4.76. The summed E-state index contributed by atoms with van der Waals surface area (Å²) in [7, 11) is 0. The van der Waals surface area contributed by atoms with Crippen molar-refractivity contribution >= 4 is 11.6 Å². The number of aliphatic hydroxyl groups excluding tert-OH is 2. The highest BCUT2D eigenvalue weighted by Crippen LogP contribution is 2.43. The Labute approximate surface area is 186 Å². The first-order chi connectivity index (χ1) is 15.7. The summed E-state index contributed by atoms with van der Waals surface area (Å²) in [5.41, 5.74) is 6.67. The van der Waals surface area contributed by atoms with Gasteiger partial charge < -0.3 is 25.6 Å². The molecule has 0 radical (unpaired) electrons. The summed E-state index contributed by atoms with van der Waals surface area (Å²) in [4.78, 5) is 17.5. The lowest BCUT2D eigenvalue weighted by molar-refractivity contribution is -0.137. The standard InChI is InChI=1S/C23H20F3N3O4/c24-23(25,26)15-5-7-21-18(9-15)29(11-22(27)32)10-14-8-13(4-6-20(14)33-21)16-2-1-3-17(28-16)19(31)12-30/h1-9,19,30-31H,10-12H2,(H2,27,32)/t19-/m1/s1. The molecule has 4 N–H and O–H groups in total. The molecule has 1 aliphatic rings. The number of anilines is 1. The van der Waals surface area contributed by atoms with Gasteiger partial charge in [-0.1, -0.05) is 6.07 Å². The minimum Gasteiger partial charge on any atom is -0.455 e. The number of fused-ring (bicyclic) bond motifs is 2. The van der Waals surface area contributed by atoms with Crippen LogP contribution >= 0.6 is 0 Å². The predicted molar refractivity (Wildman–Crippen MR) is 113 cm³/mol. The number of primary amides is 1. The first-order valence-electron chi connectivity index (χ1n) is 9.97. The SMILES string of the molecule is NC(=O)CN1Cc2cc(-c3cccc([C@H](O)CO)n3)ccc2Oc2ccc(C(F)(F)F)cc21. The minimum absolute atomic E-state index is 0.0688. The van der Waals surface area contributed by atoms with E-state index in [0.717, 1.165) is 12.1 Å². The van der Waals surface area contributed by atoms with Crippen molar-refractivity contribution in [2.75, 3.05) is 18.1 Å². The Morgan fingerprint density at radius 2 is 1.91 bits per heavy atom. The summed E-state index contributed by atoms with van der Waals surface area (Å²) in [5, 5.41) is 19.0. The van der Waals surface area contributed by atoms with E-state index in [9.17, 15) is 28.2 Å². The number of aliphatic hydroxyl groups is 2. The molecule has 0 fully saturated rings. The van der Waals surface area contributed by atoms with Gasteiger partial charge >= 0.3 is 6.18 Å². The predicted octanol–water partition coefficient (Wildman–Crippen LogP) is 3.39. The number of amides is 1. The number of pyridine rings is 1. The number of alkyl halides is 3. The summed E-state index contributed by atoms with van der Waals surface area (Å²) in [5.74, 6) is -0.120. The second kappa shape index (κ2) is 8.72. The zero-order chi connectivity index (χ0) is 23.8. The van der Waals surface area contributed by atoms with Gasteiger partial charge in [0, 0.05) is 17.7 Å². The molecule has 1 aliphatic heterocycles. The Balaban J connectivity index is 1.76. The van der Waals surface area contributed by atoms with Crippen LogP contribution in [0.3, 0.4) is 0 Å². The number of rotatable bonds is 5. The number of hydrogen-bond donors (Lipinski definition) is 3. The van der Waals surface area contributed by atoms with Crippen molar-refractivity contribution in [2.24, 2.45) is 5.73 Å². The lowest BCUT2D eigenvalue weighted by atomic mass is 10.0. The van der Waals surface area contributed by atoms with Crippen molar-refractivity contribution in [2.45, 2.75) is 18.8 Å². The number of carbonyl (C=O) groups is 1. The molecular weight excluding hydrogens is 439 g/mol. The van der Waals surface area contributed by atoms with Gasteiger partial charge in [-0.2, -0.15) is 13.2 Å². The molecule has 10 heteroatoms. The Bertz CT molecular complexity index is 1200. The molecule has 4 rings (SSSR count). The number of ether oxygens (including phenoxy) is 1. The summed E-state index contributed by atoms with van der Waals surface area (Å²) in [6.07, 6.45) is -5.69. The van der Waals surface area contributed by atoms with E-state index >= 15 is 0 Å². The van der Waals surface area contributed by atoms with Gasteiger partial charge in [-0.15, -0.1) is 0 Å². The molecule has 33 heavy (non-hydrogen) atoms. The molecule has 1 amide bonds. The van der Waals surface area contributed by atoms with Crippen LogP contribution in [-0.4, -0.2) is 34.3 Å². The molecule has 2 heterocycles. The smallest absolute Gasteiger partial charge is 0.416 e. The summed E-state index contributed by atoms with van der Waals surface area (Å²) < 4.78 is 45.7. The minimum atomic E-state index is -4.56. The number of aromatic nitrogens is 1. The topological polar surface area (TPSA) is 109 Å². The third-order valence-electron chi connectivity index (χ3n) is 5.20. The van der Waals surface area contributed by atoms with E-state index in [1.54, 1.807) is 36.4 Å². The van der Waals surface area contributed by atoms with E-state index in [4.69, 9.17) is 10.5 Å². The average molecular weight is 459 g/mol. The van der Waals surface area contributed by atoms with Crippen molar-refractivity contribution in [3.63, 3.8) is 0 Å². The fourth-order valence-corrected chi connectivity index (χ4v) is 3.62. The van der Waals surface area contributed by atoms with E-state index in [1.807, 2.05) is 0 Å². The molecule has 2 aromatic carbocycles. The molecule has 1 atom stereocenters. The van der Waals surface area contributed by atoms with Gasteiger partial charge in [0.2, 0.25) is 5.91 Å². The molecule has 0 spiro atoms. The monoisotopic (exact) mass is 459 g/mol. The molecule has 7 nitrogen and oxygen atoms in total. The molecule has 172 valence electrons.